The summed E-state index contributed by atoms with van der Waals surface area (Å²) in [6.45, 7) is 1.33. The smallest absolute Gasteiger partial charge is 0.252 e. The van der Waals surface area contributed by atoms with Gasteiger partial charge in [0.15, 0.2) is 17.5 Å². The molecule has 1 aromatic heterocycles. The van der Waals surface area contributed by atoms with E-state index in [-0.39, 0.29) is 17.7 Å². The fraction of sp³-hybridized carbons (Fsp3) is 0.583. The summed E-state index contributed by atoms with van der Waals surface area (Å²) >= 11 is 0. The van der Waals surface area contributed by atoms with Crippen LogP contribution < -0.4 is 16.0 Å². The first-order chi connectivity index (χ1) is 9.11. The molecule has 19 heavy (non-hydrogen) atoms. The Morgan fingerprint density at radius 1 is 1.47 bits per heavy atom. The molecule has 3 N–H and O–H groups in total. The first-order valence-corrected chi connectivity index (χ1v) is 6.27. The van der Waals surface area contributed by atoms with E-state index in [9.17, 15) is 8.78 Å². The van der Waals surface area contributed by atoms with Crippen molar-refractivity contribution < 1.29 is 13.5 Å². The van der Waals surface area contributed by atoms with E-state index in [1.54, 1.807) is 0 Å². The van der Waals surface area contributed by atoms with Crippen LogP contribution in [0.25, 0.3) is 0 Å². The molecule has 0 amide bonds. The molecule has 1 fully saturated rings. The standard InChI is InChI=1S/C12H18F2N4O/c1-18-5-3-2-4-8(18)7-19-12-10(14)6-9(13)11(16-12)17-15/h6,8H,2-5,7,15H2,1H3,(H,16,17). The number of anilines is 1. The quantitative estimate of drug-likeness (QED) is 0.642. The average molecular weight is 272 g/mol. The average Bonchev–Trinajstić information content (AvgIpc) is 2.39. The van der Waals surface area contributed by atoms with Crippen LogP contribution in [0.3, 0.4) is 0 Å². The number of likely N-dealkylation sites (tertiary alicyclic amines) is 1. The molecule has 0 bridgehead atoms. The van der Waals surface area contributed by atoms with Gasteiger partial charge in [-0.15, -0.1) is 0 Å². The van der Waals surface area contributed by atoms with Gasteiger partial charge >= 0.3 is 0 Å². The van der Waals surface area contributed by atoms with Gasteiger partial charge in [0.05, 0.1) is 0 Å². The van der Waals surface area contributed by atoms with Crippen molar-refractivity contribution in [3.05, 3.63) is 17.7 Å². The largest absolute Gasteiger partial charge is 0.474 e. The van der Waals surface area contributed by atoms with Crippen molar-refractivity contribution in [1.82, 2.24) is 9.88 Å². The number of pyridine rings is 1. The predicted molar refractivity (Wildman–Crippen MR) is 67.7 cm³/mol. The van der Waals surface area contributed by atoms with Crippen molar-refractivity contribution in [2.24, 2.45) is 5.84 Å². The summed E-state index contributed by atoms with van der Waals surface area (Å²) in [6, 6.07) is 0.941. The lowest BCUT2D eigenvalue weighted by atomic mass is 10.0. The number of rotatable bonds is 4. The Morgan fingerprint density at radius 2 is 2.26 bits per heavy atom. The van der Waals surface area contributed by atoms with E-state index in [4.69, 9.17) is 10.6 Å². The first kappa shape index (κ1) is 14.0. The van der Waals surface area contributed by atoms with Gasteiger partial charge in [-0.1, -0.05) is 6.42 Å². The minimum atomic E-state index is -0.845. The molecule has 106 valence electrons. The summed E-state index contributed by atoms with van der Waals surface area (Å²) in [4.78, 5) is 5.85. The number of nitrogens with two attached hydrogens (primary N) is 1. The van der Waals surface area contributed by atoms with Gasteiger partial charge < -0.3 is 15.1 Å². The van der Waals surface area contributed by atoms with E-state index in [2.05, 4.69) is 15.3 Å². The molecule has 0 spiro atoms. The van der Waals surface area contributed by atoms with Gasteiger partial charge in [-0.2, -0.15) is 4.98 Å². The van der Waals surface area contributed by atoms with Gasteiger partial charge in [0, 0.05) is 12.1 Å². The Bertz CT molecular complexity index is 444. The number of hydrogen-bond donors (Lipinski definition) is 2. The third-order valence-electron chi connectivity index (χ3n) is 3.37. The fourth-order valence-corrected chi connectivity index (χ4v) is 2.18. The maximum atomic E-state index is 13.5. The molecule has 1 aliphatic rings. The highest BCUT2D eigenvalue weighted by molar-refractivity contribution is 5.38. The summed E-state index contributed by atoms with van der Waals surface area (Å²) in [7, 11) is 2.01. The molecule has 1 saturated heterocycles. The first-order valence-electron chi connectivity index (χ1n) is 6.27. The molecule has 7 heteroatoms. The van der Waals surface area contributed by atoms with Crippen molar-refractivity contribution in [2.45, 2.75) is 25.3 Å². The lowest BCUT2D eigenvalue weighted by Crippen LogP contribution is -2.40. The Labute approximate surface area is 110 Å². The zero-order chi connectivity index (χ0) is 13.8. The van der Waals surface area contributed by atoms with Gasteiger partial charge in [0.25, 0.3) is 5.88 Å². The number of aromatic nitrogens is 1. The Morgan fingerprint density at radius 3 is 2.95 bits per heavy atom. The molecular weight excluding hydrogens is 254 g/mol. The molecule has 1 aromatic rings. The van der Waals surface area contributed by atoms with Crippen LogP contribution >= 0.6 is 0 Å². The summed E-state index contributed by atoms with van der Waals surface area (Å²) in [5.74, 6) is 2.97. The second-order valence-corrected chi connectivity index (χ2v) is 4.69. The normalized spacial score (nSPS) is 20.3. The van der Waals surface area contributed by atoms with E-state index in [0.29, 0.717) is 12.7 Å². The van der Waals surface area contributed by atoms with Gasteiger partial charge in [0.1, 0.15) is 6.61 Å². The maximum Gasteiger partial charge on any atom is 0.252 e. The Hall–Kier alpha value is -1.47. The lowest BCUT2D eigenvalue weighted by molar-refractivity contribution is 0.120. The van der Waals surface area contributed by atoms with Gasteiger partial charge in [-0.05, 0) is 26.4 Å². The minimum Gasteiger partial charge on any atom is -0.474 e. The van der Waals surface area contributed by atoms with Crippen LogP contribution in [0, 0.1) is 11.6 Å². The lowest BCUT2D eigenvalue weighted by Gasteiger charge is -2.31. The number of halogens is 2. The maximum absolute atomic E-state index is 13.5. The number of ether oxygens (including phenoxy) is 1. The van der Waals surface area contributed by atoms with Crippen molar-refractivity contribution in [3.8, 4) is 5.88 Å². The topological polar surface area (TPSA) is 63.4 Å². The van der Waals surface area contributed by atoms with Crippen LogP contribution in [-0.4, -0.2) is 36.1 Å². The van der Waals surface area contributed by atoms with Crippen LogP contribution in [0.2, 0.25) is 0 Å². The zero-order valence-corrected chi connectivity index (χ0v) is 10.8. The third kappa shape index (κ3) is 3.30. The summed E-state index contributed by atoms with van der Waals surface area (Å²) in [5, 5.41) is 0. The van der Waals surface area contributed by atoms with Crippen molar-refractivity contribution in [3.63, 3.8) is 0 Å². The van der Waals surface area contributed by atoms with Crippen LogP contribution in [0.5, 0.6) is 5.88 Å². The number of hydrazine groups is 1. The second kappa shape index (κ2) is 6.12. The van der Waals surface area contributed by atoms with Crippen molar-refractivity contribution in [2.75, 3.05) is 25.6 Å². The van der Waals surface area contributed by atoms with E-state index in [1.165, 1.54) is 0 Å². The van der Waals surface area contributed by atoms with Crippen LogP contribution in [0.15, 0.2) is 6.07 Å². The van der Waals surface area contributed by atoms with Gasteiger partial charge in [-0.3, -0.25) is 0 Å². The van der Waals surface area contributed by atoms with E-state index < -0.39 is 11.6 Å². The molecule has 0 saturated carbocycles. The molecular formula is C12H18F2N4O. The van der Waals surface area contributed by atoms with Crippen molar-refractivity contribution >= 4 is 5.82 Å². The summed E-state index contributed by atoms with van der Waals surface area (Å²) < 4.78 is 32.0. The highest BCUT2D eigenvalue weighted by atomic mass is 19.1. The van der Waals surface area contributed by atoms with Gasteiger partial charge in [-0.25, -0.2) is 14.6 Å². The van der Waals surface area contributed by atoms with Crippen LogP contribution in [-0.2, 0) is 0 Å². The van der Waals surface area contributed by atoms with E-state index in [0.717, 1.165) is 25.8 Å². The van der Waals surface area contributed by atoms with Crippen molar-refractivity contribution in [1.29, 1.82) is 0 Å². The van der Waals surface area contributed by atoms with Crippen LogP contribution in [0.4, 0.5) is 14.6 Å². The molecule has 2 rings (SSSR count). The molecule has 0 radical (unpaired) electrons. The fourth-order valence-electron chi connectivity index (χ4n) is 2.18. The number of likely N-dealkylation sites (N-methyl/N-ethyl adjacent to an activating group) is 1. The van der Waals surface area contributed by atoms with E-state index in [1.807, 2.05) is 7.05 Å². The third-order valence-corrected chi connectivity index (χ3v) is 3.37. The number of nitrogens with zero attached hydrogens (tertiary/aromatic N) is 2. The number of nitrogens with one attached hydrogen (secondary N) is 1. The molecule has 0 aliphatic carbocycles. The number of piperidine rings is 1. The SMILES string of the molecule is CN1CCCCC1COc1nc(NN)c(F)cc1F. The monoisotopic (exact) mass is 272 g/mol. The highest BCUT2D eigenvalue weighted by Crippen LogP contribution is 2.22. The minimum absolute atomic E-state index is 0.228. The summed E-state index contributed by atoms with van der Waals surface area (Å²) in [6.07, 6.45) is 3.30. The molecule has 5 nitrogen and oxygen atoms in total. The summed E-state index contributed by atoms with van der Waals surface area (Å²) in [5.41, 5.74) is 2.07. The molecule has 1 aliphatic heterocycles. The van der Waals surface area contributed by atoms with Gasteiger partial charge in [0.2, 0.25) is 0 Å². The molecule has 0 aromatic carbocycles. The number of hydrogen-bond acceptors (Lipinski definition) is 5. The van der Waals surface area contributed by atoms with Crippen LogP contribution in [0.1, 0.15) is 19.3 Å². The molecule has 2 heterocycles. The zero-order valence-electron chi connectivity index (χ0n) is 10.8. The predicted octanol–water partition coefficient (Wildman–Crippen LogP) is 1.51. The Kier molecular flexibility index (Phi) is 4.49. The second-order valence-electron chi connectivity index (χ2n) is 4.69. The molecule has 1 unspecified atom stereocenters. The number of nitrogen functional groups attached to an aromatic ring is 1. The molecule has 1 atom stereocenters. The highest BCUT2D eigenvalue weighted by Gasteiger charge is 2.21. The van der Waals surface area contributed by atoms with E-state index >= 15 is 0 Å². The Balaban J connectivity index is 2.02.